The third kappa shape index (κ3) is 4.03. The summed E-state index contributed by atoms with van der Waals surface area (Å²) < 4.78 is 11.2. The molecule has 1 saturated heterocycles. The SMILES string of the molecule is Cc1ccc(Oc2ncnc(NCC3CCCO3)c2[N+](=O)[O-])cc1C. The maximum absolute atomic E-state index is 11.5. The Hall–Kier alpha value is -2.74. The van der Waals surface area contributed by atoms with E-state index in [1.54, 1.807) is 6.07 Å². The van der Waals surface area contributed by atoms with Gasteiger partial charge in [0.2, 0.25) is 5.82 Å². The fraction of sp³-hybridized carbons (Fsp3) is 0.412. The van der Waals surface area contributed by atoms with E-state index in [4.69, 9.17) is 9.47 Å². The molecule has 8 nitrogen and oxygen atoms in total. The van der Waals surface area contributed by atoms with Crippen LogP contribution in [0.3, 0.4) is 0 Å². The zero-order valence-electron chi connectivity index (χ0n) is 14.2. The Labute approximate surface area is 145 Å². The summed E-state index contributed by atoms with van der Waals surface area (Å²) >= 11 is 0. The summed E-state index contributed by atoms with van der Waals surface area (Å²) in [4.78, 5) is 18.9. The number of benzene rings is 1. The molecule has 2 aromatic rings. The van der Waals surface area contributed by atoms with Gasteiger partial charge in [0.25, 0.3) is 0 Å². The molecule has 1 aliphatic heterocycles. The van der Waals surface area contributed by atoms with Crippen molar-refractivity contribution in [3.8, 4) is 11.6 Å². The van der Waals surface area contributed by atoms with Crippen molar-refractivity contribution in [1.29, 1.82) is 0 Å². The molecule has 1 unspecified atom stereocenters. The highest BCUT2D eigenvalue weighted by Gasteiger charge is 2.26. The quantitative estimate of drug-likeness (QED) is 0.633. The zero-order chi connectivity index (χ0) is 17.8. The summed E-state index contributed by atoms with van der Waals surface area (Å²) in [5.41, 5.74) is 1.87. The van der Waals surface area contributed by atoms with Crippen LogP contribution in [0.4, 0.5) is 11.5 Å². The van der Waals surface area contributed by atoms with E-state index in [0.29, 0.717) is 12.3 Å². The van der Waals surface area contributed by atoms with Crippen molar-refractivity contribution in [1.82, 2.24) is 9.97 Å². The molecule has 2 heterocycles. The standard InChI is InChI=1S/C17H20N4O4/c1-11-5-6-13(8-12(11)2)25-17-15(21(22)23)16(19-10-20-17)18-9-14-4-3-7-24-14/h5-6,8,10,14H,3-4,7,9H2,1-2H3,(H,18,19,20). The highest BCUT2D eigenvalue weighted by atomic mass is 16.6. The Morgan fingerprint density at radius 1 is 1.36 bits per heavy atom. The lowest BCUT2D eigenvalue weighted by Crippen LogP contribution is -2.19. The number of nitro groups is 1. The number of hydrogen-bond acceptors (Lipinski definition) is 7. The van der Waals surface area contributed by atoms with Crippen LogP contribution < -0.4 is 10.1 Å². The van der Waals surface area contributed by atoms with Crippen LogP contribution >= 0.6 is 0 Å². The number of anilines is 1. The highest BCUT2D eigenvalue weighted by Crippen LogP contribution is 2.34. The molecule has 0 amide bonds. The lowest BCUT2D eigenvalue weighted by atomic mass is 10.1. The number of ether oxygens (including phenoxy) is 2. The number of aryl methyl sites for hydroxylation is 2. The number of hydrogen-bond donors (Lipinski definition) is 1. The van der Waals surface area contributed by atoms with Gasteiger partial charge in [0.15, 0.2) is 0 Å². The molecule has 8 heteroatoms. The van der Waals surface area contributed by atoms with Crippen LogP contribution in [-0.2, 0) is 4.74 Å². The van der Waals surface area contributed by atoms with E-state index in [0.717, 1.165) is 30.6 Å². The fourth-order valence-corrected chi connectivity index (χ4v) is 2.64. The molecule has 1 N–H and O–H groups in total. The fourth-order valence-electron chi connectivity index (χ4n) is 2.64. The predicted octanol–water partition coefficient (Wildman–Crippen LogP) is 3.38. The molecular weight excluding hydrogens is 324 g/mol. The molecule has 1 aromatic heterocycles. The molecule has 1 atom stereocenters. The third-order valence-corrected chi connectivity index (χ3v) is 4.19. The maximum Gasteiger partial charge on any atom is 0.373 e. The second kappa shape index (κ2) is 7.43. The molecule has 0 aliphatic carbocycles. The summed E-state index contributed by atoms with van der Waals surface area (Å²) in [6, 6.07) is 5.47. The average molecular weight is 344 g/mol. The minimum absolute atomic E-state index is 0.0404. The molecule has 1 aliphatic rings. The first-order valence-electron chi connectivity index (χ1n) is 8.14. The third-order valence-electron chi connectivity index (χ3n) is 4.19. The summed E-state index contributed by atoms with van der Waals surface area (Å²) in [5, 5.41) is 14.5. The van der Waals surface area contributed by atoms with Crippen molar-refractivity contribution in [2.45, 2.75) is 32.8 Å². The summed E-state index contributed by atoms with van der Waals surface area (Å²) in [6.45, 7) is 5.12. The van der Waals surface area contributed by atoms with Crippen molar-refractivity contribution in [2.24, 2.45) is 0 Å². The van der Waals surface area contributed by atoms with E-state index in [-0.39, 0.29) is 23.5 Å². The van der Waals surface area contributed by atoms with Gasteiger partial charge in [0.1, 0.15) is 12.1 Å². The Bertz CT molecular complexity index is 775. The van der Waals surface area contributed by atoms with Crippen LogP contribution in [0.1, 0.15) is 24.0 Å². The van der Waals surface area contributed by atoms with Crippen LogP contribution in [0.5, 0.6) is 11.6 Å². The maximum atomic E-state index is 11.5. The van der Waals surface area contributed by atoms with Gasteiger partial charge in [0.05, 0.1) is 11.0 Å². The van der Waals surface area contributed by atoms with Gasteiger partial charge in [-0.05, 0) is 49.9 Å². The molecule has 0 radical (unpaired) electrons. The van der Waals surface area contributed by atoms with Crippen molar-refractivity contribution >= 4 is 11.5 Å². The van der Waals surface area contributed by atoms with Gasteiger partial charge in [-0.25, -0.2) is 4.98 Å². The van der Waals surface area contributed by atoms with Crippen molar-refractivity contribution in [2.75, 3.05) is 18.5 Å². The first-order valence-corrected chi connectivity index (χ1v) is 8.14. The Morgan fingerprint density at radius 3 is 2.88 bits per heavy atom. The zero-order valence-corrected chi connectivity index (χ0v) is 14.2. The van der Waals surface area contributed by atoms with Crippen LogP contribution in [0, 0.1) is 24.0 Å². The predicted molar refractivity (Wildman–Crippen MR) is 92.1 cm³/mol. The second-order valence-corrected chi connectivity index (χ2v) is 6.00. The summed E-state index contributed by atoms with van der Waals surface area (Å²) in [6.07, 6.45) is 3.22. The molecule has 1 fully saturated rings. The molecule has 25 heavy (non-hydrogen) atoms. The normalized spacial score (nSPS) is 16.6. The van der Waals surface area contributed by atoms with Gasteiger partial charge < -0.3 is 14.8 Å². The lowest BCUT2D eigenvalue weighted by molar-refractivity contribution is -0.385. The van der Waals surface area contributed by atoms with E-state index in [9.17, 15) is 10.1 Å². The average Bonchev–Trinajstić information content (AvgIpc) is 3.09. The molecule has 0 spiro atoms. The first kappa shape index (κ1) is 17.1. The molecule has 0 bridgehead atoms. The van der Waals surface area contributed by atoms with Gasteiger partial charge in [0, 0.05) is 13.2 Å². The van der Waals surface area contributed by atoms with Crippen LogP contribution in [0.25, 0.3) is 0 Å². The molecule has 3 rings (SSSR count). The van der Waals surface area contributed by atoms with E-state index in [2.05, 4.69) is 15.3 Å². The largest absolute Gasteiger partial charge is 0.434 e. The molecule has 0 saturated carbocycles. The minimum atomic E-state index is -0.534. The van der Waals surface area contributed by atoms with Crippen molar-refractivity contribution in [3.05, 3.63) is 45.8 Å². The van der Waals surface area contributed by atoms with Gasteiger partial charge >= 0.3 is 11.6 Å². The smallest absolute Gasteiger partial charge is 0.373 e. The van der Waals surface area contributed by atoms with Crippen LogP contribution in [0.2, 0.25) is 0 Å². The number of nitrogens with one attached hydrogen (secondary N) is 1. The van der Waals surface area contributed by atoms with E-state index in [1.165, 1.54) is 6.33 Å². The monoisotopic (exact) mass is 344 g/mol. The highest BCUT2D eigenvalue weighted by molar-refractivity contribution is 5.62. The lowest BCUT2D eigenvalue weighted by Gasteiger charge is -2.12. The number of aromatic nitrogens is 2. The van der Waals surface area contributed by atoms with Crippen LogP contribution in [0.15, 0.2) is 24.5 Å². The molecule has 1 aromatic carbocycles. The Morgan fingerprint density at radius 2 is 2.20 bits per heavy atom. The Kier molecular flexibility index (Phi) is 5.08. The van der Waals surface area contributed by atoms with Gasteiger partial charge in [-0.3, -0.25) is 10.1 Å². The Balaban J connectivity index is 1.83. The first-order chi connectivity index (χ1) is 12.0. The molecular formula is C17H20N4O4. The molecule has 132 valence electrons. The summed E-state index contributed by atoms with van der Waals surface area (Å²) in [5.74, 6) is 0.544. The second-order valence-electron chi connectivity index (χ2n) is 6.00. The van der Waals surface area contributed by atoms with Gasteiger partial charge in [-0.2, -0.15) is 4.98 Å². The van der Waals surface area contributed by atoms with Gasteiger partial charge in [-0.15, -0.1) is 0 Å². The van der Waals surface area contributed by atoms with E-state index >= 15 is 0 Å². The van der Waals surface area contributed by atoms with E-state index < -0.39 is 4.92 Å². The summed E-state index contributed by atoms with van der Waals surface area (Å²) in [7, 11) is 0. The number of nitrogens with zero attached hydrogens (tertiary/aromatic N) is 3. The van der Waals surface area contributed by atoms with Gasteiger partial charge in [-0.1, -0.05) is 6.07 Å². The van der Waals surface area contributed by atoms with Crippen LogP contribution in [-0.4, -0.2) is 34.1 Å². The topological polar surface area (TPSA) is 99.4 Å². The number of rotatable bonds is 6. The van der Waals surface area contributed by atoms with Crippen molar-refractivity contribution < 1.29 is 14.4 Å². The van der Waals surface area contributed by atoms with E-state index in [1.807, 2.05) is 26.0 Å². The minimum Gasteiger partial charge on any atom is -0.434 e. The van der Waals surface area contributed by atoms with Crippen molar-refractivity contribution in [3.63, 3.8) is 0 Å².